The molecule has 2 N–H and O–H groups in total. The van der Waals surface area contributed by atoms with Crippen LogP contribution in [0, 0.1) is 11.3 Å². The average Bonchev–Trinajstić information content (AvgIpc) is 2.14. The Hall–Kier alpha value is -0.0400. The van der Waals surface area contributed by atoms with Crippen LogP contribution in [-0.2, 0) is 0 Å². The van der Waals surface area contributed by atoms with E-state index in [1.807, 2.05) is 0 Å². The van der Waals surface area contributed by atoms with Crippen LogP contribution in [-0.4, -0.2) is 6.54 Å². The summed E-state index contributed by atoms with van der Waals surface area (Å²) >= 11 is 0. The molecular formula is C11H23N. The second-order valence-electron chi connectivity index (χ2n) is 5.04. The van der Waals surface area contributed by atoms with E-state index in [-0.39, 0.29) is 0 Å². The molecule has 1 unspecified atom stereocenters. The van der Waals surface area contributed by atoms with E-state index in [1.54, 1.807) is 0 Å². The zero-order valence-electron chi connectivity index (χ0n) is 8.60. The molecule has 0 aromatic rings. The second-order valence-corrected chi connectivity index (χ2v) is 5.04. The fourth-order valence-corrected chi connectivity index (χ4v) is 2.26. The Morgan fingerprint density at radius 2 is 2.00 bits per heavy atom. The Morgan fingerprint density at radius 3 is 2.67 bits per heavy atom. The molecular weight excluding hydrogens is 146 g/mol. The zero-order chi connectivity index (χ0) is 9.03. The Kier molecular flexibility index (Phi) is 3.57. The molecule has 12 heavy (non-hydrogen) atoms. The highest BCUT2D eigenvalue weighted by Gasteiger charge is 2.23. The molecule has 72 valence electrons. The lowest BCUT2D eigenvalue weighted by Crippen LogP contribution is -2.10. The van der Waals surface area contributed by atoms with Gasteiger partial charge in [0.25, 0.3) is 0 Å². The van der Waals surface area contributed by atoms with E-state index >= 15 is 0 Å². The van der Waals surface area contributed by atoms with Crippen LogP contribution in [0.2, 0.25) is 0 Å². The molecule has 0 radical (unpaired) electrons. The first-order chi connectivity index (χ1) is 5.64. The van der Waals surface area contributed by atoms with E-state index in [0.29, 0.717) is 5.41 Å². The molecule has 0 saturated heterocycles. The molecule has 0 bridgehead atoms. The number of hydrogen-bond acceptors (Lipinski definition) is 1. The molecule has 0 aliphatic heterocycles. The van der Waals surface area contributed by atoms with Crippen LogP contribution in [0.1, 0.15) is 52.4 Å². The molecule has 0 aromatic heterocycles. The Balaban J connectivity index is 2.34. The summed E-state index contributed by atoms with van der Waals surface area (Å²) in [5, 5.41) is 0. The first-order valence-electron chi connectivity index (χ1n) is 5.34. The average molecular weight is 169 g/mol. The third kappa shape index (κ3) is 3.14. The van der Waals surface area contributed by atoms with Crippen molar-refractivity contribution in [3.05, 3.63) is 0 Å². The van der Waals surface area contributed by atoms with Crippen molar-refractivity contribution in [2.45, 2.75) is 52.4 Å². The molecule has 1 nitrogen and oxygen atoms in total. The molecule has 1 fully saturated rings. The maximum atomic E-state index is 5.58. The van der Waals surface area contributed by atoms with E-state index in [1.165, 1.54) is 38.5 Å². The molecule has 0 aromatic carbocycles. The highest BCUT2D eigenvalue weighted by molar-refractivity contribution is 4.76. The lowest BCUT2D eigenvalue weighted by Gasteiger charge is -2.21. The Labute approximate surface area is 76.7 Å². The summed E-state index contributed by atoms with van der Waals surface area (Å²) in [5.74, 6) is 0.928. The largest absolute Gasteiger partial charge is 0.330 e. The topological polar surface area (TPSA) is 26.0 Å². The van der Waals surface area contributed by atoms with Gasteiger partial charge in [0.1, 0.15) is 0 Å². The molecule has 0 amide bonds. The quantitative estimate of drug-likeness (QED) is 0.632. The highest BCUT2D eigenvalue weighted by atomic mass is 14.5. The van der Waals surface area contributed by atoms with Crippen molar-refractivity contribution >= 4 is 0 Å². The lowest BCUT2D eigenvalue weighted by molar-refractivity contribution is 0.306. The van der Waals surface area contributed by atoms with Gasteiger partial charge in [-0.15, -0.1) is 0 Å². The van der Waals surface area contributed by atoms with E-state index < -0.39 is 0 Å². The van der Waals surface area contributed by atoms with Gasteiger partial charge in [-0.2, -0.15) is 0 Å². The summed E-state index contributed by atoms with van der Waals surface area (Å²) in [6, 6.07) is 0. The van der Waals surface area contributed by atoms with Crippen molar-refractivity contribution in [1.82, 2.24) is 0 Å². The van der Waals surface area contributed by atoms with Gasteiger partial charge >= 0.3 is 0 Å². The van der Waals surface area contributed by atoms with Crippen molar-refractivity contribution < 1.29 is 0 Å². The minimum absolute atomic E-state index is 0.601. The highest BCUT2D eigenvalue weighted by Crippen LogP contribution is 2.36. The minimum Gasteiger partial charge on any atom is -0.330 e. The number of nitrogens with two attached hydrogens (primary N) is 1. The van der Waals surface area contributed by atoms with E-state index in [9.17, 15) is 0 Å². The van der Waals surface area contributed by atoms with Crippen molar-refractivity contribution in [2.24, 2.45) is 17.1 Å². The molecule has 0 spiro atoms. The summed E-state index contributed by atoms with van der Waals surface area (Å²) in [5.41, 5.74) is 6.18. The van der Waals surface area contributed by atoms with Gasteiger partial charge in [-0.25, -0.2) is 0 Å². The van der Waals surface area contributed by atoms with Crippen LogP contribution in [0.5, 0.6) is 0 Å². The van der Waals surface area contributed by atoms with Gasteiger partial charge in [-0.1, -0.05) is 26.7 Å². The molecule has 1 heteroatoms. The molecule has 1 saturated carbocycles. The number of rotatable bonds is 2. The van der Waals surface area contributed by atoms with Gasteiger partial charge in [0.05, 0.1) is 0 Å². The van der Waals surface area contributed by atoms with Gasteiger partial charge in [0, 0.05) is 0 Å². The summed E-state index contributed by atoms with van der Waals surface area (Å²) in [6.07, 6.45) is 8.30. The Morgan fingerprint density at radius 1 is 1.25 bits per heavy atom. The SMILES string of the molecule is CC1(C)CCCC(CCN)CC1. The second kappa shape index (κ2) is 4.27. The van der Waals surface area contributed by atoms with E-state index in [4.69, 9.17) is 5.73 Å². The summed E-state index contributed by atoms with van der Waals surface area (Å²) in [6.45, 7) is 5.68. The van der Waals surface area contributed by atoms with Gasteiger partial charge in [-0.3, -0.25) is 0 Å². The predicted octanol–water partition coefficient (Wildman–Crippen LogP) is 2.94. The van der Waals surface area contributed by atoms with Crippen LogP contribution < -0.4 is 5.73 Å². The Bertz CT molecular complexity index is 129. The maximum Gasteiger partial charge on any atom is -0.00746 e. The van der Waals surface area contributed by atoms with E-state index in [2.05, 4.69) is 13.8 Å². The van der Waals surface area contributed by atoms with Crippen molar-refractivity contribution in [2.75, 3.05) is 6.54 Å². The third-order valence-corrected chi connectivity index (χ3v) is 3.27. The smallest absolute Gasteiger partial charge is 0.00746 e. The first-order valence-corrected chi connectivity index (χ1v) is 5.34. The third-order valence-electron chi connectivity index (χ3n) is 3.27. The molecule has 1 aliphatic rings. The maximum absolute atomic E-state index is 5.58. The first kappa shape index (κ1) is 10.0. The van der Waals surface area contributed by atoms with Crippen molar-refractivity contribution in [3.8, 4) is 0 Å². The van der Waals surface area contributed by atoms with Crippen LogP contribution >= 0.6 is 0 Å². The minimum atomic E-state index is 0.601. The molecule has 1 atom stereocenters. The summed E-state index contributed by atoms with van der Waals surface area (Å²) in [7, 11) is 0. The van der Waals surface area contributed by atoms with Crippen LogP contribution in [0.25, 0.3) is 0 Å². The van der Waals surface area contributed by atoms with Crippen LogP contribution in [0.4, 0.5) is 0 Å². The van der Waals surface area contributed by atoms with Gasteiger partial charge < -0.3 is 5.73 Å². The molecule has 1 aliphatic carbocycles. The van der Waals surface area contributed by atoms with Crippen LogP contribution in [0.3, 0.4) is 0 Å². The van der Waals surface area contributed by atoms with Gasteiger partial charge in [-0.05, 0) is 43.6 Å². The van der Waals surface area contributed by atoms with Crippen molar-refractivity contribution in [3.63, 3.8) is 0 Å². The molecule has 0 heterocycles. The fourth-order valence-electron chi connectivity index (χ4n) is 2.26. The van der Waals surface area contributed by atoms with Gasteiger partial charge in [0.15, 0.2) is 0 Å². The monoisotopic (exact) mass is 169 g/mol. The number of hydrogen-bond donors (Lipinski definition) is 1. The van der Waals surface area contributed by atoms with E-state index in [0.717, 1.165) is 12.5 Å². The standard InChI is InChI=1S/C11H23N/c1-11(2)7-3-4-10(5-8-11)6-9-12/h10H,3-9,12H2,1-2H3. The predicted molar refractivity (Wildman–Crippen MR) is 54.0 cm³/mol. The molecule has 1 rings (SSSR count). The summed E-state index contributed by atoms with van der Waals surface area (Å²) < 4.78 is 0. The van der Waals surface area contributed by atoms with Gasteiger partial charge in [0.2, 0.25) is 0 Å². The summed E-state index contributed by atoms with van der Waals surface area (Å²) in [4.78, 5) is 0. The zero-order valence-corrected chi connectivity index (χ0v) is 8.60. The lowest BCUT2D eigenvalue weighted by atomic mass is 9.84. The van der Waals surface area contributed by atoms with Crippen LogP contribution in [0.15, 0.2) is 0 Å². The normalized spacial score (nSPS) is 29.8. The van der Waals surface area contributed by atoms with Crippen molar-refractivity contribution in [1.29, 1.82) is 0 Å². The fraction of sp³-hybridized carbons (Fsp3) is 1.00.